The first kappa shape index (κ1) is 14.8. The normalized spacial score (nSPS) is 16.4. The molecule has 2 rings (SSSR count). The van der Waals surface area contributed by atoms with Crippen molar-refractivity contribution in [2.45, 2.75) is 52.5 Å². The van der Waals surface area contributed by atoms with Gasteiger partial charge in [-0.3, -0.25) is 0 Å². The third-order valence-corrected chi connectivity index (χ3v) is 3.88. The molecule has 0 saturated heterocycles. The first-order valence-corrected chi connectivity index (χ1v) is 7.63. The maximum atomic E-state index is 4.58. The topological polar surface area (TPSA) is 66.0 Å². The number of aromatic nitrogens is 3. The summed E-state index contributed by atoms with van der Waals surface area (Å²) in [6, 6.07) is 0. The molecule has 0 aromatic carbocycles. The van der Waals surface area contributed by atoms with Crippen LogP contribution in [0.25, 0.3) is 0 Å². The van der Waals surface area contributed by atoms with Gasteiger partial charge in [-0.25, -0.2) is 0 Å². The molecule has 0 spiro atoms. The molecule has 1 aliphatic rings. The van der Waals surface area contributed by atoms with E-state index in [0.717, 1.165) is 25.6 Å². The van der Waals surface area contributed by atoms with Crippen molar-refractivity contribution < 1.29 is 0 Å². The van der Waals surface area contributed by atoms with E-state index >= 15 is 0 Å². The molecule has 0 atom stereocenters. The standard InChI is InChI=1S/C14H26N6/c1-5-15-11-16-12(19-14(4)9-8-10-14)18-13(17-11)20(6-2)7-3/h5-10H2,1-4H3,(H2,15,16,17,18,19). The van der Waals surface area contributed by atoms with Gasteiger partial charge in [0.15, 0.2) is 0 Å². The van der Waals surface area contributed by atoms with Gasteiger partial charge in [0.05, 0.1) is 0 Å². The molecule has 0 aliphatic heterocycles. The van der Waals surface area contributed by atoms with Gasteiger partial charge in [0, 0.05) is 25.2 Å². The molecule has 2 N–H and O–H groups in total. The Hall–Kier alpha value is -1.59. The summed E-state index contributed by atoms with van der Waals surface area (Å²) in [7, 11) is 0. The lowest BCUT2D eigenvalue weighted by Gasteiger charge is -2.39. The van der Waals surface area contributed by atoms with Crippen molar-refractivity contribution in [2.75, 3.05) is 35.2 Å². The van der Waals surface area contributed by atoms with E-state index in [1.807, 2.05) is 6.92 Å². The highest BCUT2D eigenvalue weighted by atomic mass is 15.3. The molecule has 20 heavy (non-hydrogen) atoms. The Labute approximate surface area is 121 Å². The van der Waals surface area contributed by atoms with Crippen LogP contribution in [0, 0.1) is 0 Å². The monoisotopic (exact) mass is 278 g/mol. The molecule has 112 valence electrons. The van der Waals surface area contributed by atoms with Crippen molar-refractivity contribution in [2.24, 2.45) is 0 Å². The zero-order valence-corrected chi connectivity index (χ0v) is 13.0. The first-order chi connectivity index (χ1) is 9.60. The summed E-state index contributed by atoms with van der Waals surface area (Å²) in [4.78, 5) is 15.7. The third-order valence-electron chi connectivity index (χ3n) is 3.88. The molecule has 0 unspecified atom stereocenters. The fraction of sp³-hybridized carbons (Fsp3) is 0.786. The van der Waals surface area contributed by atoms with Gasteiger partial charge >= 0.3 is 0 Å². The van der Waals surface area contributed by atoms with E-state index in [2.05, 4.69) is 51.3 Å². The van der Waals surface area contributed by atoms with Gasteiger partial charge < -0.3 is 15.5 Å². The second-order valence-electron chi connectivity index (χ2n) is 5.52. The summed E-state index contributed by atoms with van der Waals surface area (Å²) < 4.78 is 0. The van der Waals surface area contributed by atoms with Crippen molar-refractivity contribution in [3.05, 3.63) is 0 Å². The minimum absolute atomic E-state index is 0.144. The van der Waals surface area contributed by atoms with Crippen LogP contribution < -0.4 is 15.5 Å². The SMILES string of the molecule is CCNc1nc(NC2(C)CCC2)nc(N(CC)CC)n1. The number of nitrogens with zero attached hydrogens (tertiary/aromatic N) is 4. The first-order valence-electron chi connectivity index (χ1n) is 7.63. The van der Waals surface area contributed by atoms with Crippen LogP contribution in [0.15, 0.2) is 0 Å². The Morgan fingerprint density at radius 3 is 2.20 bits per heavy atom. The molecule has 0 amide bonds. The number of anilines is 3. The van der Waals surface area contributed by atoms with Gasteiger partial charge in [-0.1, -0.05) is 0 Å². The number of rotatable bonds is 7. The minimum atomic E-state index is 0.144. The maximum Gasteiger partial charge on any atom is 0.231 e. The molecule has 0 radical (unpaired) electrons. The van der Waals surface area contributed by atoms with E-state index < -0.39 is 0 Å². The Balaban J connectivity index is 2.25. The smallest absolute Gasteiger partial charge is 0.231 e. The van der Waals surface area contributed by atoms with Crippen molar-refractivity contribution in [1.29, 1.82) is 0 Å². The van der Waals surface area contributed by atoms with E-state index in [1.165, 1.54) is 19.3 Å². The quantitative estimate of drug-likeness (QED) is 0.799. The molecule has 1 saturated carbocycles. The molecule has 6 heteroatoms. The number of hydrogen-bond acceptors (Lipinski definition) is 6. The predicted octanol–water partition coefficient (Wildman–Crippen LogP) is 2.50. The molecule has 1 heterocycles. The summed E-state index contributed by atoms with van der Waals surface area (Å²) in [5.41, 5.74) is 0.144. The van der Waals surface area contributed by atoms with Crippen LogP contribution in [0.2, 0.25) is 0 Å². The zero-order valence-electron chi connectivity index (χ0n) is 13.0. The van der Waals surface area contributed by atoms with Crippen molar-refractivity contribution in [3.63, 3.8) is 0 Å². The van der Waals surface area contributed by atoms with Crippen LogP contribution in [0.5, 0.6) is 0 Å². The van der Waals surface area contributed by atoms with Crippen molar-refractivity contribution in [3.8, 4) is 0 Å². The van der Waals surface area contributed by atoms with Crippen molar-refractivity contribution in [1.82, 2.24) is 15.0 Å². The molecule has 1 aromatic rings. The highest BCUT2D eigenvalue weighted by molar-refractivity contribution is 5.45. The molecule has 1 aliphatic carbocycles. The van der Waals surface area contributed by atoms with Crippen LogP contribution in [-0.2, 0) is 0 Å². The van der Waals surface area contributed by atoms with E-state index in [1.54, 1.807) is 0 Å². The molecular weight excluding hydrogens is 252 g/mol. The fourth-order valence-electron chi connectivity index (χ4n) is 2.41. The average molecular weight is 278 g/mol. The maximum absolute atomic E-state index is 4.58. The molecule has 0 bridgehead atoms. The largest absolute Gasteiger partial charge is 0.354 e. The fourth-order valence-corrected chi connectivity index (χ4v) is 2.41. The van der Waals surface area contributed by atoms with Gasteiger partial charge in [-0.05, 0) is 47.0 Å². The Morgan fingerprint density at radius 1 is 1.05 bits per heavy atom. The second kappa shape index (κ2) is 6.24. The number of nitrogens with one attached hydrogen (secondary N) is 2. The van der Waals surface area contributed by atoms with E-state index in [-0.39, 0.29) is 5.54 Å². The van der Waals surface area contributed by atoms with Crippen LogP contribution in [0.3, 0.4) is 0 Å². The lowest BCUT2D eigenvalue weighted by molar-refractivity contribution is 0.304. The van der Waals surface area contributed by atoms with E-state index in [4.69, 9.17) is 0 Å². The van der Waals surface area contributed by atoms with Crippen LogP contribution in [0.1, 0.15) is 47.0 Å². The van der Waals surface area contributed by atoms with Gasteiger partial charge in [-0.2, -0.15) is 15.0 Å². The van der Waals surface area contributed by atoms with Gasteiger partial charge in [0.2, 0.25) is 17.8 Å². The lowest BCUT2D eigenvalue weighted by Crippen LogP contribution is -2.42. The second-order valence-corrected chi connectivity index (χ2v) is 5.52. The molecule has 6 nitrogen and oxygen atoms in total. The van der Waals surface area contributed by atoms with Gasteiger partial charge in [-0.15, -0.1) is 0 Å². The van der Waals surface area contributed by atoms with Gasteiger partial charge in [0.1, 0.15) is 0 Å². The Bertz CT molecular complexity index is 439. The third kappa shape index (κ3) is 3.29. The lowest BCUT2D eigenvalue weighted by atomic mass is 9.79. The summed E-state index contributed by atoms with van der Waals surface area (Å²) >= 11 is 0. The highest BCUT2D eigenvalue weighted by Gasteiger charge is 2.32. The molecule has 1 aromatic heterocycles. The summed E-state index contributed by atoms with van der Waals surface area (Å²) in [6.07, 6.45) is 3.63. The van der Waals surface area contributed by atoms with Gasteiger partial charge in [0.25, 0.3) is 0 Å². The summed E-state index contributed by atoms with van der Waals surface area (Å²) in [6.45, 7) is 11.1. The average Bonchev–Trinajstić information content (AvgIpc) is 2.38. The van der Waals surface area contributed by atoms with E-state index in [9.17, 15) is 0 Å². The highest BCUT2D eigenvalue weighted by Crippen LogP contribution is 2.34. The van der Waals surface area contributed by atoms with Crippen molar-refractivity contribution >= 4 is 17.8 Å². The van der Waals surface area contributed by atoms with E-state index in [0.29, 0.717) is 11.9 Å². The van der Waals surface area contributed by atoms with Crippen LogP contribution in [-0.4, -0.2) is 40.1 Å². The summed E-state index contributed by atoms with van der Waals surface area (Å²) in [5, 5.41) is 6.65. The minimum Gasteiger partial charge on any atom is -0.354 e. The Kier molecular flexibility index (Phi) is 4.62. The molecule has 1 fully saturated rings. The number of hydrogen-bond donors (Lipinski definition) is 2. The zero-order chi connectivity index (χ0) is 14.6. The predicted molar refractivity (Wildman–Crippen MR) is 83.4 cm³/mol. The molecular formula is C14H26N6. The Morgan fingerprint density at radius 2 is 1.70 bits per heavy atom. The summed E-state index contributed by atoms with van der Waals surface area (Å²) in [5.74, 6) is 2.07. The van der Waals surface area contributed by atoms with Crippen LogP contribution >= 0.6 is 0 Å². The van der Waals surface area contributed by atoms with Crippen LogP contribution in [0.4, 0.5) is 17.8 Å².